The smallest absolute Gasteiger partial charge is 0.259 e. The third kappa shape index (κ3) is 4.20. The molecule has 0 saturated carbocycles. The topological polar surface area (TPSA) is 64.0 Å². The zero-order valence-corrected chi connectivity index (χ0v) is 15.8. The minimum absolute atomic E-state index is 0.0634. The first-order valence-electron chi connectivity index (χ1n) is 8.57. The van der Waals surface area contributed by atoms with E-state index in [9.17, 15) is 8.42 Å². The molecule has 6 heteroatoms. The number of nitrogens with zero attached hydrogens (tertiary/aromatic N) is 2. The van der Waals surface area contributed by atoms with Crippen molar-refractivity contribution in [3.63, 3.8) is 0 Å². The van der Waals surface area contributed by atoms with Crippen LogP contribution in [0.15, 0.2) is 71.9 Å². The minimum Gasteiger partial charge on any atom is -0.337 e. The van der Waals surface area contributed by atoms with Crippen LogP contribution in [0.4, 0.5) is 0 Å². The lowest BCUT2D eigenvalue weighted by atomic mass is 9.89. The van der Waals surface area contributed by atoms with Crippen LogP contribution >= 0.6 is 0 Å². The van der Waals surface area contributed by atoms with Crippen molar-refractivity contribution < 1.29 is 8.42 Å². The average molecular weight is 369 g/mol. The molecule has 0 atom stereocenters. The van der Waals surface area contributed by atoms with Crippen molar-refractivity contribution in [2.45, 2.75) is 24.3 Å². The number of aromatic nitrogens is 2. The van der Waals surface area contributed by atoms with E-state index in [4.69, 9.17) is 0 Å². The quantitative estimate of drug-likeness (QED) is 0.695. The molecule has 0 aliphatic rings. The highest BCUT2D eigenvalue weighted by Crippen LogP contribution is 2.27. The monoisotopic (exact) mass is 369 g/mol. The highest BCUT2D eigenvalue weighted by molar-refractivity contribution is 7.89. The molecular weight excluding hydrogens is 346 g/mol. The third-order valence-corrected chi connectivity index (χ3v) is 5.82. The second-order valence-electron chi connectivity index (χ2n) is 6.30. The van der Waals surface area contributed by atoms with Gasteiger partial charge in [0.1, 0.15) is 5.82 Å². The number of rotatable bonds is 7. The van der Waals surface area contributed by atoms with Crippen LogP contribution in [0.5, 0.6) is 0 Å². The zero-order chi connectivity index (χ0) is 18.6. The molecule has 0 saturated heterocycles. The van der Waals surface area contributed by atoms with Crippen LogP contribution in [0.1, 0.15) is 29.3 Å². The van der Waals surface area contributed by atoms with Crippen molar-refractivity contribution >= 4 is 10.0 Å². The van der Waals surface area contributed by atoms with Gasteiger partial charge in [-0.1, -0.05) is 60.7 Å². The first-order chi connectivity index (χ1) is 12.5. The molecule has 0 radical (unpaired) electrons. The van der Waals surface area contributed by atoms with Gasteiger partial charge in [0.05, 0.1) is 0 Å². The molecule has 136 valence electrons. The van der Waals surface area contributed by atoms with Gasteiger partial charge in [0.15, 0.2) is 5.03 Å². The lowest BCUT2D eigenvalue weighted by Crippen LogP contribution is -2.26. The van der Waals surface area contributed by atoms with Crippen LogP contribution in [0.25, 0.3) is 0 Å². The Morgan fingerprint density at radius 3 is 2.00 bits per heavy atom. The SMILES string of the molecule is Cc1nc(S(=O)(=O)NCCC(c2ccccc2)c2ccccc2)cn1C. The molecule has 0 bridgehead atoms. The predicted octanol–water partition coefficient (Wildman–Crippen LogP) is 3.23. The van der Waals surface area contributed by atoms with Gasteiger partial charge in [0.25, 0.3) is 10.0 Å². The minimum atomic E-state index is -3.60. The summed E-state index contributed by atoms with van der Waals surface area (Å²) >= 11 is 0. The summed E-state index contributed by atoms with van der Waals surface area (Å²) in [6, 6.07) is 20.3. The maximum Gasteiger partial charge on any atom is 0.259 e. The maximum absolute atomic E-state index is 12.5. The normalized spacial score (nSPS) is 11.8. The fourth-order valence-corrected chi connectivity index (χ4v) is 4.05. The Balaban J connectivity index is 1.74. The largest absolute Gasteiger partial charge is 0.337 e. The molecule has 0 unspecified atom stereocenters. The summed E-state index contributed by atoms with van der Waals surface area (Å²) in [6.45, 7) is 2.12. The van der Waals surface area contributed by atoms with Crippen molar-refractivity contribution in [2.75, 3.05) is 6.54 Å². The fourth-order valence-electron chi connectivity index (χ4n) is 2.96. The third-order valence-electron chi connectivity index (χ3n) is 4.49. The van der Waals surface area contributed by atoms with Gasteiger partial charge in [-0.2, -0.15) is 0 Å². The molecule has 1 heterocycles. The molecule has 0 aliphatic heterocycles. The van der Waals surface area contributed by atoms with Crippen molar-refractivity contribution in [1.82, 2.24) is 14.3 Å². The summed E-state index contributed by atoms with van der Waals surface area (Å²) in [5, 5.41) is 0.0634. The maximum atomic E-state index is 12.5. The molecule has 1 aromatic heterocycles. The van der Waals surface area contributed by atoms with E-state index in [0.717, 1.165) is 0 Å². The highest BCUT2D eigenvalue weighted by atomic mass is 32.2. The molecular formula is C20H23N3O2S. The van der Waals surface area contributed by atoms with Gasteiger partial charge >= 0.3 is 0 Å². The molecule has 0 fully saturated rings. The van der Waals surface area contributed by atoms with Crippen molar-refractivity contribution in [1.29, 1.82) is 0 Å². The zero-order valence-electron chi connectivity index (χ0n) is 15.0. The number of hydrogen-bond donors (Lipinski definition) is 1. The molecule has 26 heavy (non-hydrogen) atoms. The summed E-state index contributed by atoms with van der Waals surface area (Å²) < 4.78 is 29.3. The number of aryl methyl sites for hydroxylation is 2. The number of nitrogens with one attached hydrogen (secondary N) is 1. The molecule has 1 N–H and O–H groups in total. The van der Waals surface area contributed by atoms with E-state index >= 15 is 0 Å². The van der Waals surface area contributed by atoms with Gasteiger partial charge in [0, 0.05) is 25.7 Å². The highest BCUT2D eigenvalue weighted by Gasteiger charge is 2.20. The van der Waals surface area contributed by atoms with Crippen molar-refractivity contribution in [3.05, 3.63) is 83.8 Å². The van der Waals surface area contributed by atoms with Gasteiger partial charge < -0.3 is 4.57 Å². The Morgan fingerprint density at radius 2 is 1.54 bits per heavy atom. The van der Waals surface area contributed by atoms with E-state index < -0.39 is 10.0 Å². The summed E-state index contributed by atoms with van der Waals surface area (Å²) in [6.07, 6.45) is 2.20. The second-order valence-corrected chi connectivity index (χ2v) is 8.01. The summed E-state index contributed by atoms with van der Waals surface area (Å²) in [5.41, 5.74) is 2.35. The van der Waals surface area contributed by atoms with E-state index in [0.29, 0.717) is 18.8 Å². The van der Waals surface area contributed by atoms with Crippen LogP contribution in [-0.2, 0) is 17.1 Å². The molecule has 2 aromatic carbocycles. The van der Waals surface area contributed by atoms with Crippen LogP contribution in [0, 0.1) is 6.92 Å². The Hall–Kier alpha value is -2.44. The first-order valence-corrected chi connectivity index (χ1v) is 10.1. The Morgan fingerprint density at radius 1 is 1.00 bits per heavy atom. The first kappa shape index (κ1) is 18.4. The molecule has 3 aromatic rings. The van der Waals surface area contributed by atoms with E-state index in [1.807, 2.05) is 36.4 Å². The van der Waals surface area contributed by atoms with Gasteiger partial charge in [-0.05, 0) is 24.5 Å². The Labute approximate surface area is 154 Å². The molecule has 5 nitrogen and oxygen atoms in total. The number of sulfonamides is 1. The van der Waals surface area contributed by atoms with E-state index in [1.165, 1.54) is 17.3 Å². The van der Waals surface area contributed by atoms with Crippen LogP contribution in [0.2, 0.25) is 0 Å². The van der Waals surface area contributed by atoms with Crippen LogP contribution in [-0.4, -0.2) is 24.5 Å². The van der Waals surface area contributed by atoms with Gasteiger partial charge in [-0.15, -0.1) is 0 Å². The van der Waals surface area contributed by atoms with Gasteiger partial charge in [-0.3, -0.25) is 0 Å². The number of imidazole rings is 1. The Kier molecular flexibility index (Phi) is 5.54. The summed E-state index contributed by atoms with van der Waals surface area (Å²) in [4.78, 5) is 4.11. The lowest BCUT2D eigenvalue weighted by molar-refractivity contribution is 0.572. The number of hydrogen-bond acceptors (Lipinski definition) is 3. The van der Waals surface area contributed by atoms with Crippen molar-refractivity contribution in [2.24, 2.45) is 7.05 Å². The fraction of sp³-hybridized carbons (Fsp3) is 0.250. The molecule has 3 rings (SSSR count). The Bertz CT molecular complexity index is 892. The molecule has 0 spiro atoms. The van der Waals surface area contributed by atoms with Crippen molar-refractivity contribution in [3.8, 4) is 0 Å². The average Bonchev–Trinajstić information content (AvgIpc) is 3.00. The molecule has 0 amide bonds. The van der Waals surface area contributed by atoms with E-state index in [1.54, 1.807) is 18.5 Å². The number of benzene rings is 2. The standard InChI is InChI=1S/C20H23N3O2S/c1-16-22-20(15-23(16)2)26(24,25)21-14-13-19(17-9-5-3-6-10-17)18-11-7-4-8-12-18/h3-12,15,19,21H,13-14H2,1-2H3. The lowest BCUT2D eigenvalue weighted by Gasteiger charge is -2.18. The van der Waals surface area contributed by atoms with E-state index in [2.05, 4.69) is 34.0 Å². The second kappa shape index (κ2) is 7.85. The molecule has 0 aliphatic carbocycles. The van der Waals surface area contributed by atoms with Crippen LogP contribution in [0.3, 0.4) is 0 Å². The summed E-state index contributed by atoms with van der Waals surface area (Å²) in [7, 11) is -1.82. The van der Waals surface area contributed by atoms with E-state index in [-0.39, 0.29) is 10.9 Å². The van der Waals surface area contributed by atoms with Gasteiger partial charge in [-0.25, -0.2) is 18.1 Å². The predicted molar refractivity (Wildman–Crippen MR) is 102 cm³/mol. The van der Waals surface area contributed by atoms with Crippen LogP contribution < -0.4 is 4.72 Å². The summed E-state index contributed by atoms with van der Waals surface area (Å²) in [5.74, 6) is 0.794. The van der Waals surface area contributed by atoms with Gasteiger partial charge in [0.2, 0.25) is 0 Å².